The van der Waals surface area contributed by atoms with E-state index in [9.17, 15) is 4.79 Å². The maximum Gasteiger partial charge on any atom is 0.258 e. The highest BCUT2D eigenvalue weighted by atomic mass is 16.1. The summed E-state index contributed by atoms with van der Waals surface area (Å²) in [7, 11) is 0. The van der Waals surface area contributed by atoms with Crippen LogP contribution in [0.4, 0.5) is 17.3 Å². The van der Waals surface area contributed by atoms with E-state index in [2.05, 4.69) is 34.3 Å². The second kappa shape index (κ2) is 7.99. The zero-order chi connectivity index (χ0) is 19.4. The number of aromatic nitrogens is 2. The van der Waals surface area contributed by atoms with Crippen LogP contribution in [0.2, 0.25) is 0 Å². The summed E-state index contributed by atoms with van der Waals surface area (Å²) in [6, 6.07) is 14.1. The lowest BCUT2D eigenvalue weighted by Crippen LogP contribution is -2.20. The predicted molar refractivity (Wildman–Crippen MR) is 110 cm³/mol. The van der Waals surface area contributed by atoms with E-state index in [4.69, 9.17) is 0 Å². The predicted octanol–water partition coefficient (Wildman–Crippen LogP) is 4.81. The Bertz CT molecular complexity index is 951. The van der Waals surface area contributed by atoms with Crippen molar-refractivity contribution in [3.05, 3.63) is 77.1 Å². The molecule has 2 aromatic carbocycles. The molecule has 0 unspecified atom stereocenters. The fourth-order valence-corrected chi connectivity index (χ4v) is 2.96. The van der Waals surface area contributed by atoms with Gasteiger partial charge in [-0.2, -0.15) is 0 Å². The third-order valence-corrected chi connectivity index (χ3v) is 4.40. The Hall–Kier alpha value is -3.21. The lowest BCUT2D eigenvalue weighted by Gasteiger charge is -2.21. The fourth-order valence-electron chi connectivity index (χ4n) is 2.96. The van der Waals surface area contributed by atoms with Crippen molar-refractivity contribution in [2.45, 2.75) is 27.7 Å². The standard InChI is InChI=1S/C22H24N4O/c1-5-26(19-8-6-7-15(2)12-19)22-23-13-18(14-24-22)21(27)25-20-10-9-16(3)11-17(20)4/h6-14H,5H2,1-4H3,(H,25,27). The number of amides is 1. The summed E-state index contributed by atoms with van der Waals surface area (Å²) in [4.78, 5) is 23.3. The third kappa shape index (κ3) is 4.31. The van der Waals surface area contributed by atoms with E-state index in [1.54, 1.807) is 12.4 Å². The van der Waals surface area contributed by atoms with Crippen molar-refractivity contribution in [2.75, 3.05) is 16.8 Å². The van der Waals surface area contributed by atoms with Crippen LogP contribution in [0.1, 0.15) is 34.0 Å². The van der Waals surface area contributed by atoms with Crippen LogP contribution in [0.5, 0.6) is 0 Å². The topological polar surface area (TPSA) is 58.1 Å². The smallest absolute Gasteiger partial charge is 0.258 e. The molecule has 0 spiro atoms. The van der Waals surface area contributed by atoms with Crippen molar-refractivity contribution < 1.29 is 4.79 Å². The number of benzene rings is 2. The van der Waals surface area contributed by atoms with Crippen molar-refractivity contribution in [3.8, 4) is 0 Å². The molecule has 0 aliphatic heterocycles. The first-order valence-corrected chi connectivity index (χ1v) is 9.03. The Kier molecular flexibility index (Phi) is 5.50. The van der Waals surface area contributed by atoms with Gasteiger partial charge in [-0.25, -0.2) is 9.97 Å². The molecule has 5 heteroatoms. The van der Waals surface area contributed by atoms with E-state index in [1.807, 2.05) is 56.0 Å². The van der Waals surface area contributed by atoms with Crippen LogP contribution in [0.15, 0.2) is 54.9 Å². The number of nitrogens with zero attached hydrogens (tertiary/aromatic N) is 3. The number of carbonyl (C=O) groups excluding carboxylic acids is 1. The molecule has 138 valence electrons. The lowest BCUT2D eigenvalue weighted by molar-refractivity contribution is 0.102. The summed E-state index contributed by atoms with van der Waals surface area (Å²) >= 11 is 0. The van der Waals surface area contributed by atoms with Crippen LogP contribution in [0, 0.1) is 20.8 Å². The highest BCUT2D eigenvalue weighted by Gasteiger charge is 2.13. The quantitative estimate of drug-likeness (QED) is 0.709. The average molecular weight is 360 g/mol. The zero-order valence-electron chi connectivity index (χ0n) is 16.2. The lowest BCUT2D eigenvalue weighted by atomic mass is 10.1. The molecular formula is C22H24N4O. The largest absolute Gasteiger partial charge is 0.322 e. The molecule has 1 N–H and O–H groups in total. The minimum Gasteiger partial charge on any atom is -0.322 e. The number of anilines is 3. The summed E-state index contributed by atoms with van der Waals surface area (Å²) in [5.74, 6) is 0.360. The van der Waals surface area contributed by atoms with Gasteiger partial charge >= 0.3 is 0 Å². The first-order chi connectivity index (χ1) is 13.0. The molecule has 0 radical (unpaired) electrons. The molecule has 3 aromatic rings. The van der Waals surface area contributed by atoms with Gasteiger partial charge in [0, 0.05) is 30.3 Å². The van der Waals surface area contributed by atoms with Crippen LogP contribution in [0.25, 0.3) is 0 Å². The molecule has 3 rings (SSSR count). The highest BCUT2D eigenvalue weighted by molar-refractivity contribution is 6.04. The van der Waals surface area contributed by atoms with Gasteiger partial charge in [-0.05, 0) is 57.0 Å². The van der Waals surface area contributed by atoms with Gasteiger partial charge in [0.2, 0.25) is 5.95 Å². The van der Waals surface area contributed by atoms with Crippen molar-refractivity contribution in [3.63, 3.8) is 0 Å². The number of rotatable bonds is 5. The van der Waals surface area contributed by atoms with Gasteiger partial charge in [-0.3, -0.25) is 4.79 Å². The van der Waals surface area contributed by atoms with Gasteiger partial charge in [0.05, 0.1) is 5.56 Å². The van der Waals surface area contributed by atoms with Gasteiger partial charge in [0.15, 0.2) is 0 Å². The zero-order valence-corrected chi connectivity index (χ0v) is 16.2. The minimum absolute atomic E-state index is 0.216. The van der Waals surface area contributed by atoms with Crippen molar-refractivity contribution in [1.82, 2.24) is 9.97 Å². The molecule has 1 aromatic heterocycles. The van der Waals surface area contributed by atoms with E-state index in [0.29, 0.717) is 11.5 Å². The van der Waals surface area contributed by atoms with Gasteiger partial charge in [-0.1, -0.05) is 29.8 Å². The number of hydrogen-bond donors (Lipinski definition) is 1. The van der Waals surface area contributed by atoms with Crippen LogP contribution >= 0.6 is 0 Å². The summed E-state index contributed by atoms with van der Waals surface area (Å²) < 4.78 is 0. The number of aryl methyl sites for hydroxylation is 3. The van der Waals surface area contributed by atoms with E-state index in [1.165, 1.54) is 5.56 Å². The Morgan fingerprint density at radius 1 is 1.00 bits per heavy atom. The number of hydrogen-bond acceptors (Lipinski definition) is 4. The molecule has 0 aliphatic carbocycles. The molecule has 5 nitrogen and oxygen atoms in total. The molecule has 1 heterocycles. The number of nitrogens with one attached hydrogen (secondary N) is 1. The Labute approximate surface area is 160 Å². The molecule has 0 bridgehead atoms. The monoisotopic (exact) mass is 360 g/mol. The van der Waals surface area contributed by atoms with Gasteiger partial charge in [0.25, 0.3) is 5.91 Å². The fraction of sp³-hybridized carbons (Fsp3) is 0.227. The molecule has 0 saturated carbocycles. The van der Waals surface area contributed by atoms with Crippen molar-refractivity contribution >= 4 is 23.2 Å². The van der Waals surface area contributed by atoms with Gasteiger partial charge < -0.3 is 10.2 Å². The summed E-state index contributed by atoms with van der Waals surface area (Å²) in [5, 5.41) is 2.92. The van der Waals surface area contributed by atoms with Crippen LogP contribution < -0.4 is 10.2 Å². The molecule has 1 amide bonds. The molecule has 27 heavy (non-hydrogen) atoms. The van der Waals surface area contributed by atoms with E-state index in [0.717, 1.165) is 29.0 Å². The van der Waals surface area contributed by atoms with E-state index in [-0.39, 0.29) is 5.91 Å². The number of carbonyl (C=O) groups is 1. The van der Waals surface area contributed by atoms with Crippen LogP contribution in [-0.2, 0) is 0 Å². The van der Waals surface area contributed by atoms with Crippen molar-refractivity contribution in [1.29, 1.82) is 0 Å². The molecule has 0 fully saturated rings. The molecular weight excluding hydrogens is 336 g/mol. The van der Waals surface area contributed by atoms with Crippen molar-refractivity contribution in [2.24, 2.45) is 0 Å². The Morgan fingerprint density at radius 2 is 1.70 bits per heavy atom. The second-order valence-corrected chi connectivity index (χ2v) is 6.63. The van der Waals surface area contributed by atoms with Gasteiger partial charge in [-0.15, -0.1) is 0 Å². The van der Waals surface area contributed by atoms with Crippen LogP contribution in [0.3, 0.4) is 0 Å². The SMILES string of the molecule is CCN(c1cccc(C)c1)c1ncc(C(=O)Nc2ccc(C)cc2C)cn1. The maximum atomic E-state index is 12.5. The first-order valence-electron chi connectivity index (χ1n) is 9.03. The second-order valence-electron chi connectivity index (χ2n) is 6.63. The van der Waals surface area contributed by atoms with Gasteiger partial charge in [0.1, 0.15) is 0 Å². The third-order valence-electron chi connectivity index (χ3n) is 4.40. The normalized spacial score (nSPS) is 10.5. The molecule has 0 saturated heterocycles. The molecule has 0 atom stereocenters. The summed E-state index contributed by atoms with van der Waals surface area (Å²) in [5.41, 5.74) is 5.62. The molecule has 0 aliphatic rings. The first kappa shape index (κ1) is 18.6. The van der Waals surface area contributed by atoms with Crippen LogP contribution in [-0.4, -0.2) is 22.4 Å². The Balaban J connectivity index is 1.78. The highest BCUT2D eigenvalue weighted by Crippen LogP contribution is 2.23. The van der Waals surface area contributed by atoms with E-state index >= 15 is 0 Å². The maximum absolute atomic E-state index is 12.5. The van der Waals surface area contributed by atoms with E-state index < -0.39 is 0 Å². The average Bonchev–Trinajstić information content (AvgIpc) is 2.65. The summed E-state index contributed by atoms with van der Waals surface area (Å²) in [6.07, 6.45) is 3.14. The minimum atomic E-state index is -0.216. The Morgan fingerprint density at radius 3 is 2.33 bits per heavy atom. The summed E-state index contributed by atoms with van der Waals surface area (Å²) in [6.45, 7) is 8.84.